The maximum atomic E-state index is 11.9. The number of hydrogen-bond acceptors (Lipinski definition) is 1. The van der Waals surface area contributed by atoms with Gasteiger partial charge in [-0.1, -0.05) is 25.7 Å². The molecule has 100 valence electrons. The van der Waals surface area contributed by atoms with Crippen molar-refractivity contribution in [3.63, 3.8) is 0 Å². The summed E-state index contributed by atoms with van der Waals surface area (Å²) >= 11 is 0. The van der Waals surface area contributed by atoms with Crippen molar-refractivity contribution in [3.05, 3.63) is 23.5 Å². The van der Waals surface area contributed by atoms with E-state index >= 15 is 0 Å². The Morgan fingerprint density at radius 1 is 1.39 bits per heavy atom. The van der Waals surface area contributed by atoms with Crippen LogP contribution in [-0.4, -0.2) is 17.0 Å². The Balaban J connectivity index is 1.70. The topological polar surface area (TPSA) is 34.0 Å². The van der Waals surface area contributed by atoms with Gasteiger partial charge in [-0.05, 0) is 37.8 Å². The number of aryl methyl sites for hydroxylation is 1. The molecule has 0 aromatic carbocycles. The largest absolute Gasteiger partial charge is 0.351 e. The van der Waals surface area contributed by atoms with Gasteiger partial charge in [-0.25, -0.2) is 0 Å². The molecule has 1 amide bonds. The normalized spacial score (nSPS) is 16.1. The minimum Gasteiger partial charge on any atom is -0.351 e. The summed E-state index contributed by atoms with van der Waals surface area (Å²) in [6.07, 6.45) is 7.97. The molecule has 1 N–H and O–H groups in total. The second kappa shape index (κ2) is 6.07. The maximum absolute atomic E-state index is 11.9. The molecule has 1 aliphatic carbocycles. The summed E-state index contributed by atoms with van der Waals surface area (Å²) in [5, 5.41) is 3.02. The number of carbonyl (C=O) groups is 1. The molecule has 0 saturated heterocycles. The number of rotatable bonds is 5. The molecule has 1 aliphatic rings. The minimum atomic E-state index is 0.0528. The Kier molecular flexibility index (Phi) is 4.45. The summed E-state index contributed by atoms with van der Waals surface area (Å²) < 4.78 is 1.94. The molecule has 1 fully saturated rings. The molecular formula is C15H24N2O. The molecular weight excluding hydrogens is 224 g/mol. The van der Waals surface area contributed by atoms with E-state index in [0.717, 1.165) is 30.3 Å². The van der Waals surface area contributed by atoms with Crippen LogP contribution in [0.15, 0.2) is 12.1 Å². The first-order chi connectivity index (χ1) is 8.68. The third-order valence-corrected chi connectivity index (χ3v) is 4.15. The average Bonchev–Trinajstić information content (AvgIpc) is 2.97. The van der Waals surface area contributed by atoms with Crippen LogP contribution in [0, 0.1) is 12.8 Å². The predicted octanol–water partition coefficient (Wildman–Crippen LogP) is 3.03. The molecule has 1 aromatic heterocycles. The van der Waals surface area contributed by atoms with Crippen molar-refractivity contribution in [2.24, 2.45) is 13.0 Å². The summed E-state index contributed by atoms with van der Waals surface area (Å²) in [4.78, 5) is 11.9. The Morgan fingerprint density at radius 3 is 2.72 bits per heavy atom. The highest BCUT2D eigenvalue weighted by atomic mass is 16.1. The van der Waals surface area contributed by atoms with E-state index in [1.54, 1.807) is 0 Å². The Hall–Kier alpha value is -1.25. The van der Waals surface area contributed by atoms with Gasteiger partial charge in [0.25, 0.3) is 5.91 Å². The molecule has 1 saturated carbocycles. The monoisotopic (exact) mass is 248 g/mol. The Labute approximate surface area is 110 Å². The second-order valence-corrected chi connectivity index (χ2v) is 5.47. The molecule has 0 spiro atoms. The fourth-order valence-electron chi connectivity index (χ4n) is 2.82. The zero-order valence-electron chi connectivity index (χ0n) is 11.5. The Morgan fingerprint density at radius 2 is 2.11 bits per heavy atom. The molecule has 0 bridgehead atoms. The number of amides is 1. The quantitative estimate of drug-likeness (QED) is 0.798. The average molecular weight is 248 g/mol. The molecule has 0 atom stereocenters. The third kappa shape index (κ3) is 3.15. The SMILES string of the molecule is Cc1ccc(C(=O)NCCCC2CCCC2)n1C. The summed E-state index contributed by atoms with van der Waals surface area (Å²) in [5.74, 6) is 0.969. The molecule has 3 nitrogen and oxygen atoms in total. The molecule has 3 heteroatoms. The van der Waals surface area contributed by atoms with E-state index in [-0.39, 0.29) is 5.91 Å². The number of carbonyl (C=O) groups excluding carboxylic acids is 1. The lowest BCUT2D eigenvalue weighted by Crippen LogP contribution is -2.26. The number of hydrogen-bond donors (Lipinski definition) is 1. The van der Waals surface area contributed by atoms with Crippen LogP contribution < -0.4 is 5.32 Å². The molecule has 0 aliphatic heterocycles. The van der Waals surface area contributed by atoms with Gasteiger partial charge in [-0.3, -0.25) is 4.79 Å². The van der Waals surface area contributed by atoms with Crippen LogP contribution in [0.25, 0.3) is 0 Å². The Bertz CT molecular complexity index is 403. The summed E-state index contributed by atoms with van der Waals surface area (Å²) in [5.41, 5.74) is 1.87. The highest BCUT2D eigenvalue weighted by Crippen LogP contribution is 2.28. The molecule has 18 heavy (non-hydrogen) atoms. The van der Waals surface area contributed by atoms with E-state index in [1.807, 2.05) is 30.7 Å². The first-order valence-corrected chi connectivity index (χ1v) is 7.09. The molecule has 0 unspecified atom stereocenters. The fraction of sp³-hybridized carbons (Fsp3) is 0.667. The van der Waals surface area contributed by atoms with Gasteiger partial charge < -0.3 is 9.88 Å². The van der Waals surface area contributed by atoms with Crippen molar-refractivity contribution in [1.29, 1.82) is 0 Å². The van der Waals surface area contributed by atoms with E-state index in [9.17, 15) is 4.79 Å². The van der Waals surface area contributed by atoms with Crippen LogP contribution in [0.3, 0.4) is 0 Å². The summed E-state index contributed by atoms with van der Waals surface area (Å²) in [7, 11) is 1.93. The number of aromatic nitrogens is 1. The van der Waals surface area contributed by atoms with E-state index in [0.29, 0.717) is 0 Å². The van der Waals surface area contributed by atoms with Crippen molar-refractivity contribution in [1.82, 2.24) is 9.88 Å². The molecule has 1 heterocycles. The first-order valence-electron chi connectivity index (χ1n) is 7.09. The second-order valence-electron chi connectivity index (χ2n) is 5.47. The van der Waals surface area contributed by atoms with Gasteiger partial charge in [0.2, 0.25) is 0 Å². The lowest BCUT2D eigenvalue weighted by molar-refractivity contribution is 0.0944. The van der Waals surface area contributed by atoms with Crippen molar-refractivity contribution in [3.8, 4) is 0 Å². The van der Waals surface area contributed by atoms with Crippen molar-refractivity contribution in [2.75, 3.05) is 6.54 Å². The van der Waals surface area contributed by atoms with Crippen LogP contribution >= 0.6 is 0 Å². The van der Waals surface area contributed by atoms with E-state index in [1.165, 1.54) is 32.1 Å². The van der Waals surface area contributed by atoms with Crippen LogP contribution in [0.2, 0.25) is 0 Å². The van der Waals surface area contributed by atoms with Crippen LogP contribution in [0.5, 0.6) is 0 Å². The van der Waals surface area contributed by atoms with Crippen molar-refractivity contribution >= 4 is 5.91 Å². The van der Waals surface area contributed by atoms with Gasteiger partial charge in [0.15, 0.2) is 0 Å². The molecule has 0 radical (unpaired) electrons. The standard InChI is InChI=1S/C15H24N2O/c1-12-9-10-14(17(12)2)15(18)16-11-5-8-13-6-3-4-7-13/h9-10,13H,3-8,11H2,1-2H3,(H,16,18). The van der Waals surface area contributed by atoms with Gasteiger partial charge in [-0.2, -0.15) is 0 Å². The number of nitrogens with zero attached hydrogens (tertiary/aromatic N) is 1. The van der Waals surface area contributed by atoms with Crippen LogP contribution in [-0.2, 0) is 7.05 Å². The van der Waals surface area contributed by atoms with E-state index in [4.69, 9.17) is 0 Å². The number of nitrogens with one attached hydrogen (secondary N) is 1. The highest BCUT2D eigenvalue weighted by Gasteiger charge is 2.14. The van der Waals surface area contributed by atoms with E-state index < -0.39 is 0 Å². The van der Waals surface area contributed by atoms with Gasteiger partial charge in [0.1, 0.15) is 5.69 Å². The van der Waals surface area contributed by atoms with Crippen LogP contribution in [0.1, 0.15) is 54.7 Å². The maximum Gasteiger partial charge on any atom is 0.267 e. The van der Waals surface area contributed by atoms with Gasteiger partial charge in [-0.15, -0.1) is 0 Å². The zero-order valence-corrected chi connectivity index (χ0v) is 11.5. The van der Waals surface area contributed by atoms with Gasteiger partial charge >= 0.3 is 0 Å². The van der Waals surface area contributed by atoms with Gasteiger partial charge in [0.05, 0.1) is 0 Å². The first kappa shape index (κ1) is 13.2. The molecule has 2 rings (SSSR count). The lowest BCUT2D eigenvalue weighted by Gasteiger charge is -2.10. The minimum absolute atomic E-state index is 0.0528. The van der Waals surface area contributed by atoms with Crippen molar-refractivity contribution in [2.45, 2.75) is 45.4 Å². The highest BCUT2D eigenvalue weighted by molar-refractivity contribution is 5.92. The van der Waals surface area contributed by atoms with E-state index in [2.05, 4.69) is 5.32 Å². The zero-order chi connectivity index (χ0) is 13.0. The molecule has 1 aromatic rings. The van der Waals surface area contributed by atoms with Crippen molar-refractivity contribution < 1.29 is 4.79 Å². The lowest BCUT2D eigenvalue weighted by atomic mass is 10.0. The third-order valence-electron chi connectivity index (χ3n) is 4.15. The summed E-state index contributed by atoms with van der Waals surface area (Å²) in [6.45, 7) is 2.82. The smallest absolute Gasteiger partial charge is 0.267 e. The van der Waals surface area contributed by atoms with Crippen LogP contribution in [0.4, 0.5) is 0 Å². The summed E-state index contributed by atoms with van der Waals surface area (Å²) in [6, 6.07) is 3.87. The predicted molar refractivity (Wildman–Crippen MR) is 73.7 cm³/mol. The van der Waals surface area contributed by atoms with Gasteiger partial charge in [0, 0.05) is 19.3 Å². The fourth-order valence-corrected chi connectivity index (χ4v) is 2.82.